The van der Waals surface area contributed by atoms with Crippen LogP contribution in [0.15, 0.2) is 41.6 Å². The second kappa shape index (κ2) is 7.03. The van der Waals surface area contributed by atoms with Gasteiger partial charge in [0.25, 0.3) is 11.6 Å². The summed E-state index contributed by atoms with van der Waals surface area (Å²) < 4.78 is 32.2. The van der Waals surface area contributed by atoms with Crippen LogP contribution in [0.4, 0.5) is 5.69 Å². The minimum absolute atomic E-state index is 0.0269. The van der Waals surface area contributed by atoms with E-state index < -0.39 is 21.1 Å². The third-order valence-corrected chi connectivity index (χ3v) is 5.72. The van der Waals surface area contributed by atoms with E-state index in [1.165, 1.54) is 28.8 Å². The molecule has 10 nitrogen and oxygen atoms in total. The Labute approximate surface area is 148 Å². The Morgan fingerprint density at radius 2 is 1.96 bits per heavy atom. The molecule has 0 bridgehead atoms. The number of benzene rings is 1. The van der Waals surface area contributed by atoms with Crippen LogP contribution in [0.1, 0.15) is 12.1 Å². The molecule has 0 N–H and O–H groups in total. The molecule has 0 aliphatic carbocycles. The van der Waals surface area contributed by atoms with Crippen LogP contribution in [-0.2, 0) is 10.0 Å². The third kappa shape index (κ3) is 3.46. The van der Waals surface area contributed by atoms with E-state index in [9.17, 15) is 18.5 Å². The zero-order valence-electron chi connectivity index (χ0n) is 13.3. The number of nitro groups is 1. The Hall–Kier alpha value is -3.10. The highest BCUT2D eigenvalue weighted by atomic mass is 32.2. The Balaban J connectivity index is 1.73. The van der Waals surface area contributed by atoms with Gasteiger partial charge in [-0.2, -0.15) is 9.57 Å². The Morgan fingerprint density at radius 1 is 1.27 bits per heavy atom. The maximum Gasteiger partial charge on any atom is 0.269 e. The maximum absolute atomic E-state index is 12.7. The van der Waals surface area contributed by atoms with Crippen molar-refractivity contribution in [1.82, 2.24) is 14.3 Å². The van der Waals surface area contributed by atoms with Crippen molar-refractivity contribution in [3.8, 4) is 11.9 Å². The highest BCUT2D eigenvalue weighted by Gasteiger charge is 2.34. The van der Waals surface area contributed by atoms with Gasteiger partial charge >= 0.3 is 0 Å². The van der Waals surface area contributed by atoms with Crippen LogP contribution >= 0.6 is 0 Å². The molecular weight excluding hydrogens is 362 g/mol. The van der Waals surface area contributed by atoms with E-state index in [0.29, 0.717) is 6.42 Å². The van der Waals surface area contributed by atoms with E-state index >= 15 is 0 Å². The lowest BCUT2D eigenvalue weighted by atomic mass is 10.3. The lowest BCUT2D eigenvalue weighted by Crippen LogP contribution is -2.31. The molecule has 1 saturated heterocycles. The minimum Gasteiger partial charge on any atom is -0.471 e. The second-order valence-corrected chi connectivity index (χ2v) is 7.40. The van der Waals surface area contributed by atoms with Crippen molar-refractivity contribution < 1.29 is 18.1 Å². The first-order chi connectivity index (χ1) is 12.4. The van der Waals surface area contributed by atoms with E-state index in [4.69, 9.17) is 10.00 Å². The van der Waals surface area contributed by atoms with Crippen LogP contribution < -0.4 is 4.74 Å². The minimum atomic E-state index is -3.79. The van der Waals surface area contributed by atoms with Gasteiger partial charge in [0.15, 0.2) is 0 Å². The Kier molecular flexibility index (Phi) is 4.79. The molecule has 2 heterocycles. The summed E-state index contributed by atoms with van der Waals surface area (Å²) in [6, 6.07) is 6.58. The molecule has 3 rings (SSSR count). The van der Waals surface area contributed by atoms with E-state index in [1.807, 2.05) is 6.07 Å². The summed E-state index contributed by atoms with van der Waals surface area (Å²) in [4.78, 5) is 17.8. The molecule has 1 atom stereocenters. The molecule has 0 saturated carbocycles. The topological polar surface area (TPSA) is 139 Å². The monoisotopic (exact) mass is 375 g/mol. The number of non-ortho nitro benzene ring substituents is 1. The van der Waals surface area contributed by atoms with Crippen molar-refractivity contribution in [2.45, 2.75) is 17.4 Å². The second-order valence-electron chi connectivity index (χ2n) is 5.46. The first-order valence-corrected chi connectivity index (χ1v) is 8.98. The van der Waals surface area contributed by atoms with Gasteiger partial charge in [-0.1, -0.05) is 0 Å². The number of hydrogen-bond donors (Lipinski definition) is 0. The molecule has 0 spiro atoms. The fourth-order valence-corrected chi connectivity index (χ4v) is 4.03. The van der Waals surface area contributed by atoms with Gasteiger partial charge in [0.2, 0.25) is 15.7 Å². The molecule has 1 unspecified atom stereocenters. The number of nitriles is 1. The number of nitrogens with zero attached hydrogens (tertiary/aromatic N) is 5. The SMILES string of the molecule is N#Cc1nccnc1OC1CCN(S(=O)(=O)c2ccc([N+](=O)[O-])cc2)C1. The summed E-state index contributed by atoms with van der Waals surface area (Å²) >= 11 is 0. The number of ether oxygens (including phenoxy) is 1. The molecule has 134 valence electrons. The predicted octanol–water partition coefficient (Wildman–Crippen LogP) is 1.10. The smallest absolute Gasteiger partial charge is 0.269 e. The van der Waals surface area contributed by atoms with Gasteiger partial charge in [0.05, 0.1) is 16.4 Å². The van der Waals surface area contributed by atoms with Crippen LogP contribution in [0.25, 0.3) is 0 Å². The molecular formula is C15H13N5O5S. The highest BCUT2D eigenvalue weighted by Crippen LogP contribution is 2.25. The maximum atomic E-state index is 12.7. The number of hydrogen-bond acceptors (Lipinski definition) is 8. The van der Waals surface area contributed by atoms with Gasteiger partial charge < -0.3 is 4.74 Å². The van der Waals surface area contributed by atoms with Gasteiger partial charge in [0.1, 0.15) is 12.2 Å². The van der Waals surface area contributed by atoms with Crippen LogP contribution in [-0.4, -0.2) is 46.8 Å². The average Bonchev–Trinajstić information content (AvgIpc) is 3.11. The molecule has 1 aromatic carbocycles. The summed E-state index contributed by atoms with van der Waals surface area (Å²) in [5.41, 5.74) is -0.151. The van der Waals surface area contributed by atoms with Crippen molar-refractivity contribution in [3.63, 3.8) is 0 Å². The fourth-order valence-electron chi connectivity index (χ4n) is 2.55. The number of rotatable bonds is 5. The summed E-state index contributed by atoms with van der Waals surface area (Å²) in [5, 5.41) is 19.7. The number of sulfonamides is 1. The first-order valence-electron chi connectivity index (χ1n) is 7.54. The van der Waals surface area contributed by atoms with E-state index in [1.54, 1.807) is 0 Å². The molecule has 1 aromatic heterocycles. The van der Waals surface area contributed by atoms with Crippen LogP contribution in [0.2, 0.25) is 0 Å². The molecule has 1 aliphatic heterocycles. The summed E-state index contributed by atoms with van der Waals surface area (Å²) in [6.45, 7) is 0.312. The zero-order valence-corrected chi connectivity index (χ0v) is 14.2. The number of aromatic nitrogens is 2. The summed E-state index contributed by atoms with van der Waals surface area (Å²) in [6.07, 6.45) is 2.71. The largest absolute Gasteiger partial charge is 0.471 e. The molecule has 0 amide bonds. The lowest BCUT2D eigenvalue weighted by Gasteiger charge is -2.17. The summed E-state index contributed by atoms with van der Waals surface area (Å²) in [5.74, 6) is 0.0644. The highest BCUT2D eigenvalue weighted by molar-refractivity contribution is 7.89. The van der Waals surface area contributed by atoms with E-state index in [2.05, 4.69) is 9.97 Å². The molecule has 26 heavy (non-hydrogen) atoms. The summed E-state index contributed by atoms with van der Waals surface area (Å²) in [7, 11) is -3.79. The lowest BCUT2D eigenvalue weighted by molar-refractivity contribution is -0.384. The molecule has 0 radical (unpaired) electrons. The van der Waals surface area contributed by atoms with Gasteiger partial charge in [-0.15, -0.1) is 0 Å². The van der Waals surface area contributed by atoms with Crippen LogP contribution in [0.5, 0.6) is 5.88 Å². The molecule has 1 aliphatic rings. The molecule has 2 aromatic rings. The van der Waals surface area contributed by atoms with Crippen molar-refractivity contribution in [3.05, 3.63) is 52.5 Å². The van der Waals surface area contributed by atoms with Crippen molar-refractivity contribution in [2.75, 3.05) is 13.1 Å². The average molecular weight is 375 g/mol. The van der Waals surface area contributed by atoms with Crippen LogP contribution in [0, 0.1) is 21.4 Å². The Morgan fingerprint density at radius 3 is 2.62 bits per heavy atom. The molecule has 1 fully saturated rings. The van der Waals surface area contributed by atoms with Gasteiger partial charge in [-0.3, -0.25) is 10.1 Å². The van der Waals surface area contributed by atoms with Crippen LogP contribution in [0.3, 0.4) is 0 Å². The number of nitro benzene ring substituents is 1. The van der Waals surface area contributed by atoms with Gasteiger partial charge in [-0.05, 0) is 18.6 Å². The van der Waals surface area contributed by atoms with Crippen molar-refractivity contribution >= 4 is 15.7 Å². The van der Waals surface area contributed by atoms with Crippen molar-refractivity contribution in [2.24, 2.45) is 0 Å². The van der Waals surface area contributed by atoms with Gasteiger partial charge in [-0.25, -0.2) is 18.4 Å². The van der Waals surface area contributed by atoms with Gasteiger partial charge in [0, 0.05) is 31.1 Å². The Bertz CT molecular complexity index is 971. The fraction of sp³-hybridized carbons (Fsp3) is 0.267. The zero-order chi connectivity index (χ0) is 18.7. The first kappa shape index (κ1) is 17.7. The normalized spacial score (nSPS) is 17.6. The molecule has 11 heteroatoms. The quantitative estimate of drug-likeness (QED) is 0.559. The predicted molar refractivity (Wildman–Crippen MR) is 87.6 cm³/mol. The standard InChI is InChI=1S/C15H13N5O5S/c16-9-14-15(18-7-6-17-14)25-12-5-8-19(10-12)26(23,24)13-3-1-11(2-4-13)20(21)22/h1-4,6-7,12H,5,8,10H2. The third-order valence-electron chi connectivity index (χ3n) is 3.84. The van der Waals surface area contributed by atoms with E-state index in [-0.39, 0.29) is 35.2 Å². The van der Waals surface area contributed by atoms with E-state index in [0.717, 1.165) is 12.1 Å². The van der Waals surface area contributed by atoms with Crippen molar-refractivity contribution in [1.29, 1.82) is 5.26 Å².